The van der Waals surface area contributed by atoms with Gasteiger partial charge in [-0.05, 0) is 104 Å². The van der Waals surface area contributed by atoms with E-state index in [1.54, 1.807) is 0 Å². The molecule has 157 valence electrons. The highest BCUT2D eigenvalue weighted by Crippen LogP contribution is 2.66. The zero-order valence-corrected chi connectivity index (χ0v) is 18.0. The molecule has 0 heterocycles. The Kier molecular flexibility index (Phi) is 4.91. The summed E-state index contributed by atoms with van der Waals surface area (Å²) in [6.07, 6.45) is 14.7. The standard InChI is InChI=1S/C26H36NO2/c1-25-16-7-6-10-19(25)11-12-20-21-13-14-23(26(21,2)17-15-22(20)25)29-24(27-28)18-8-4-3-5-9-18/h3-5,8-10,19-23,28H,6-7,11-17H2,1-2H3/t19?,20-,21-,22+,23?,25-,26-/m0/s1. The van der Waals surface area contributed by atoms with Gasteiger partial charge in [0.1, 0.15) is 6.10 Å². The molecule has 5 rings (SSSR count). The van der Waals surface area contributed by atoms with Gasteiger partial charge in [-0.1, -0.05) is 38.5 Å². The molecule has 1 aromatic carbocycles. The molecule has 4 aliphatic carbocycles. The number of hydrogen-bond acceptors (Lipinski definition) is 3. The van der Waals surface area contributed by atoms with Crippen molar-refractivity contribution in [1.29, 1.82) is 0 Å². The smallest absolute Gasteiger partial charge is 0.257 e. The Labute approximate surface area is 175 Å². The van der Waals surface area contributed by atoms with Crippen LogP contribution < -0.4 is 0 Å². The highest BCUT2D eigenvalue weighted by molar-refractivity contribution is 5.93. The number of oxime groups is 1. The van der Waals surface area contributed by atoms with Crippen molar-refractivity contribution < 1.29 is 9.94 Å². The Bertz CT molecular complexity index is 761. The Morgan fingerprint density at radius 1 is 0.966 bits per heavy atom. The quantitative estimate of drug-likeness (QED) is 0.271. The van der Waals surface area contributed by atoms with E-state index >= 15 is 0 Å². The van der Waals surface area contributed by atoms with Crippen molar-refractivity contribution in [3.8, 4) is 0 Å². The number of ether oxygens (including phenoxy) is 1. The summed E-state index contributed by atoms with van der Waals surface area (Å²) >= 11 is 0. The maximum atomic E-state index is 9.63. The van der Waals surface area contributed by atoms with Crippen LogP contribution in [0.2, 0.25) is 0 Å². The normalized spacial score (nSPS) is 44.5. The number of fused-ring (bicyclic) bond motifs is 5. The molecule has 4 saturated carbocycles. The first-order chi connectivity index (χ1) is 14.1. The van der Waals surface area contributed by atoms with Gasteiger partial charge in [0, 0.05) is 11.0 Å². The van der Waals surface area contributed by atoms with E-state index in [-0.39, 0.29) is 11.5 Å². The first kappa shape index (κ1) is 19.5. The minimum atomic E-state index is 0.156. The number of rotatable bonds is 2. The second kappa shape index (κ2) is 7.32. The third kappa shape index (κ3) is 3.02. The summed E-state index contributed by atoms with van der Waals surface area (Å²) < 4.78 is 6.42. The monoisotopic (exact) mass is 394 g/mol. The second-order valence-corrected chi connectivity index (χ2v) is 10.7. The summed E-state index contributed by atoms with van der Waals surface area (Å²) in [6.45, 7) is 5.08. The fourth-order valence-electron chi connectivity index (χ4n) is 8.06. The van der Waals surface area contributed by atoms with Gasteiger partial charge in [-0.2, -0.15) is 0 Å². The molecule has 1 aromatic rings. The summed E-state index contributed by atoms with van der Waals surface area (Å²) in [5.74, 6) is 3.72. The van der Waals surface area contributed by atoms with Crippen LogP contribution in [-0.2, 0) is 4.74 Å². The van der Waals surface area contributed by atoms with Gasteiger partial charge in [-0.3, -0.25) is 0 Å². The van der Waals surface area contributed by atoms with Crippen LogP contribution in [0.5, 0.6) is 0 Å². The van der Waals surface area contributed by atoms with Gasteiger partial charge in [0.15, 0.2) is 0 Å². The van der Waals surface area contributed by atoms with Crippen LogP contribution in [-0.4, -0.2) is 17.2 Å². The molecule has 4 fully saturated rings. The van der Waals surface area contributed by atoms with E-state index in [0.29, 0.717) is 11.3 Å². The molecule has 0 amide bonds. The lowest BCUT2D eigenvalue weighted by Gasteiger charge is -2.60. The molecule has 0 spiro atoms. The third-order valence-corrected chi connectivity index (χ3v) is 9.59. The van der Waals surface area contributed by atoms with Gasteiger partial charge in [-0.15, -0.1) is 0 Å². The van der Waals surface area contributed by atoms with Crippen LogP contribution >= 0.6 is 0 Å². The van der Waals surface area contributed by atoms with Crippen LogP contribution in [0.1, 0.15) is 77.2 Å². The molecule has 0 aromatic heterocycles. The van der Waals surface area contributed by atoms with Crippen molar-refractivity contribution in [2.24, 2.45) is 39.7 Å². The SMILES string of the molecule is C[C@]12CCC[CH]C1CC[C@@H]1[C@H]2CC[C@]2(C)C(OC(=NO)c3ccccc3)CC[C@@H]12. The molecule has 3 nitrogen and oxygen atoms in total. The number of benzene rings is 1. The molecule has 0 aliphatic heterocycles. The molecule has 7 atom stereocenters. The minimum Gasteiger partial charge on any atom is -0.471 e. The summed E-state index contributed by atoms with van der Waals surface area (Å²) in [6, 6.07) is 9.83. The third-order valence-electron chi connectivity index (χ3n) is 9.59. The zero-order valence-electron chi connectivity index (χ0n) is 18.0. The second-order valence-electron chi connectivity index (χ2n) is 10.7. The van der Waals surface area contributed by atoms with Crippen LogP contribution in [0.15, 0.2) is 35.5 Å². The fraction of sp³-hybridized carbons (Fsp3) is 0.692. The molecule has 0 bridgehead atoms. The van der Waals surface area contributed by atoms with E-state index in [1.165, 1.54) is 51.4 Å². The predicted octanol–water partition coefficient (Wildman–Crippen LogP) is 6.45. The largest absolute Gasteiger partial charge is 0.471 e. The van der Waals surface area contributed by atoms with Crippen molar-refractivity contribution in [1.82, 2.24) is 0 Å². The number of hydrogen-bond donors (Lipinski definition) is 1. The Morgan fingerprint density at radius 2 is 1.76 bits per heavy atom. The molecule has 1 radical (unpaired) electrons. The zero-order chi connectivity index (χ0) is 20.1. The summed E-state index contributed by atoms with van der Waals surface area (Å²) in [7, 11) is 0. The average molecular weight is 395 g/mol. The minimum absolute atomic E-state index is 0.156. The van der Waals surface area contributed by atoms with Gasteiger partial charge in [0.05, 0.1) is 0 Å². The predicted molar refractivity (Wildman–Crippen MR) is 116 cm³/mol. The van der Waals surface area contributed by atoms with Crippen molar-refractivity contribution in [3.63, 3.8) is 0 Å². The van der Waals surface area contributed by atoms with Crippen molar-refractivity contribution in [2.75, 3.05) is 0 Å². The molecule has 29 heavy (non-hydrogen) atoms. The molecule has 1 N–H and O–H groups in total. The number of nitrogens with zero attached hydrogens (tertiary/aromatic N) is 1. The van der Waals surface area contributed by atoms with Crippen LogP contribution in [0.4, 0.5) is 0 Å². The fourth-order valence-corrected chi connectivity index (χ4v) is 8.06. The average Bonchev–Trinajstić information content (AvgIpc) is 3.08. The molecule has 2 unspecified atom stereocenters. The van der Waals surface area contributed by atoms with E-state index in [4.69, 9.17) is 4.74 Å². The van der Waals surface area contributed by atoms with Gasteiger partial charge >= 0.3 is 0 Å². The Morgan fingerprint density at radius 3 is 2.55 bits per heavy atom. The maximum Gasteiger partial charge on any atom is 0.257 e. The lowest BCUT2D eigenvalue weighted by Crippen LogP contribution is -2.53. The van der Waals surface area contributed by atoms with Crippen molar-refractivity contribution in [3.05, 3.63) is 42.3 Å². The lowest BCUT2D eigenvalue weighted by atomic mass is 9.45. The van der Waals surface area contributed by atoms with Gasteiger partial charge in [0.25, 0.3) is 5.90 Å². The maximum absolute atomic E-state index is 9.63. The lowest BCUT2D eigenvalue weighted by molar-refractivity contribution is -0.109. The van der Waals surface area contributed by atoms with Gasteiger partial charge in [0.2, 0.25) is 0 Å². The van der Waals surface area contributed by atoms with E-state index in [1.807, 2.05) is 30.3 Å². The summed E-state index contributed by atoms with van der Waals surface area (Å²) in [4.78, 5) is 0. The van der Waals surface area contributed by atoms with E-state index in [2.05, 4.69) is 25.4 Å². The van der Waals surface area contributed by atoms with Crippen LogP contribution in [0.25, 0.3) is 0 Å². The first-order valence-corrected chi connectivity index (χ1v) is 11.8. The van der Waals surface area contributed by atoms with Crippen molar-refractivity contribution in [2.45, 2.75) is 77.7 Å². The van der Waals surface area contributed by atoms with E-state index < -0.39 is 0 Å². The van der Waals surface area contributed by atoms with E-state index in [0.717, 1.165) is 35.7 Å². The van der Waals surface area contributed by atoms with Gasteiger partial charge in [-0.25, -0.2) is 0 Å². The van der Waals surface area contributed by atoms with Crippen LogP contribution in [0, 0.1) is 40.9 Å². The molecule has 3 heteroatoms. The van der Waals surface area contributed by atoms with Crippen LogP contribution in [0.3, 0.4) is 0 Å². The molecular formula is C26H36NO2. The molecule has 4 aliphatic rings. The van der Waals surface area contributed by atoms with Crippen molar-refractivity contribution >= 4 is 5.90 Å². The summed E-state index contributed by atoms with van der Waals surface area (Å²) in [5.41, 5.74) is 1.60. The first-order valence-electron chi connectivity index (χ1n) is 11.8. The Hall–Kier alpha value is -1.51. The van der Waals surface area contributed by atoms with Gasteiger partial charge < -0.3 is 9.94 Å². The topological polar surface area (TPSA) is 41.8 Å². The van der Waals surface area contributed by atoms with E-state index in [9.17, 15) is 5.21 Å². The highest BCUT2D eigenvalue weighted by Gasteiger charge is 2.60. The Balaban J connectivity index is 1.36. The highest BCUT2D eigenvalue weighted by atomic mass is 16.5. The molecule has 0 saturated heterocycles. The summed E-state index contributed by atoms with van der Waals surface area (Å²) in [5, 5.41) is 13.2. The molecular weight excluding hydrogens is 358 g/mol.